The predicted molar refractivity (Wildman–Crippen MR) is 92.6 cm³/mol. The van der Waals surface area contributed by atoms with Crippen LogP contribution in [-0.2, 0) is 6.54 Å². The van der Waals surface area contributed by atoms with Crippen molar-refractivity contribution in [3.63, 3.8) is 0 Å². The van der Waals surface area contributed by atoms with Crippen LogP contribution in [0, 0.1) is 10.6 Å². The first-order valence-corrected chi connectivity index (χ1v) is 8.10. The van der Waals surface area contributed by atoms with E-state index >= 15 is 0 Å². The second kappa shape index (κ2) is 7.39. The largest absolute Gasteiger partial charge is 0.484 e. The van der Waals surface area contributed by atoms with Crippen LogP contribution in [0.25, 0.3) is 11.0 Å². The lowest BCUT2D eigenvalue weighted by molar-refractivity contribution is -0.153. The third-order valence-electron chi connectivity index (χ3n) is 3.61. The molecule has 1 amide bonds. The minimum Gasteiger partial charge on any atom is -0.484 e. The van der Waals surface area contributed by atoms with Crippen LogP contribution in [0.2, 0.25) is 0 Å². The number of rotatable bonds is 5. The molecule has 1 heterocycles. The Balaban J connectivity index is 1.67. The van der Waals surface area contributed by atoms with E-state index in [1.54, 1.807) is 0 Å². The van der Waals surface area contributed by atoms with Gasteiger partial charge in [-0.1, -0.05) is 12.1 Å². The van der Waals surface area contributed by atoms with E-state index in [1.807, 2.05) is 0 Å². The predicted octanol–water partition coefficient (Wildman–Crippen LogP) is 4.24. The minimum absolute atomic E-state index is 0.0640. The molecular formula is C17H13F4N3O2S. The van der Waals surface area contributed by atoms with Gasteiger partial charge in [-0.05, 0) is 42.0 Å². The molecule has 0 aliphatic rings. The maximum Gasteiger partial charge on any atom is 0.422 e. The summed E-state index contributed by atoms with van der Waals surface area (Å²) in [5, 5.41) is 2.63. The van der Waals surface area contributed by atoms with Crippen molar-refractivity contribution in [1.82, 2.24) is 15.3 Å². The zero-order chi connectivity index (χ0) is 19.6. The van der Waals surface area contributed by atoms with E-state index in [0.29, 0.717) is 16.6 Å². The van der Waals surface area contributed by atoms with Gasteiger partial charge in [0.05, 0.1) is 16.6 Å². The zero-order valence-electron chi connectivity index (χ0n) is 13.6. The Morgan fingerprint density at radius 2 is 1.85 bits per heavy atom. The van der Waals surface area contributed by atoms with Gasteiger partial charge in [-0.25, -0.2) is 4.39 Å². The van der Waals surface area contributed by atoms with E-state index in [1.165, 1.54) is 30.3 Å². The Morgan fingerprint density at radius 3 is 2.52 bits per heavy atom. The molecule has 0 saturated carbocycles. The van der Waals surface area contributed by atoms with Gasteiger partial charge in [-0.2, -0.15) is 13.2 Å². The first-order chi connectivity index (χ1) is 12.7. The normalized spacial score (nSPS) is 11.6. The smallest absolute Gasteiger partial charge is 0.422 e. The van der Waals surface area contributed by atoms with E-state index in [2.05, 4.69) is 20.0 Å². The molecule has 0 bridgehead atoms. The van der Waals surface area contributed by atoms with Crippen molar-refractivity contribution in [3.05, 3.63) is 58.1 Å². The van der Waals surface area contributed by atoms with Gasteiger partial charge in [0.1, 0.15) is 11.6 Å². The number of amides is 1. The van der Waals surface area contributed by atoms with E-state index in [-0.39, 0.29) is 22.6 Å². The Kier molecular flexibility index (Phi) is 5.17. The van der Waals surface area contributed by atoms with Gasteiger partial charge in [0, 0.05) is 6.54 Å². The van der Waals surface area contributed by atoms with Gasteiger partial charge in [0.2, 0.25) is 0 Å². The lowest BCUT2D eigenvalue weighted by Crippen LogP contribution is -2.23. The zero-order valence-corrected chi connectivity index (χ0v) is 14.4. The molecule has 0 saturated heterocycles. The maximum atomic E-state index is 13.7. The summed E-state index contributed by atoms with van der Waals surface area (Å²) in [7, 11) is 0. The monoisotopic (exact) mass is 399 g/mol. The molecule has 0 spiro atoms. The molecule has 3 N–H and O–H groups in total. The number of fused-ring (bicyclic) bond motifs is 1. The fourth-order valence-corrected chi connectivity index (χ4v) is 2.64. The molecule has 3 rings (SSSR count). The lowest BCUT2D eigenvalue weighted by Gasteiger charge is -2.10. The third-order valence-corrected chi connectivity index (χ3v) is 3.82. The summed E-state index contributed by atoms with van der Waals surface area (Å²) in [5.41, 5.74) is 1.48. The SMILES string of the molecule is O=C(NCc1ccc(OCC(F)(F)F)cc1)c1cc(F)cc2[nH]c(=S)[nH]c12. The number of alkyl halides is 3. The highest BCUT2D eigenvalue weighted by atomic mass is 32.1. The van der Waals surface area contributed by atoms with Gasteiger partial charge >= 0.3 is 6.18 Å². The third kappa shape index (κ3) is 4.85. The number of carbonyl (C=O) groups excluding carboxylic acids is 1. The van der Waals surface area contributed by atoms with Crippen LogP contribution in [0.3, 0.4) is 0 Å². The molecule has 2 aromatic carbocycles. The average molecular weight is 399 g/mol. The molecule has 27 heavy (non-hydrogen) atoms. The van der Waals surface area contributed by atoms with E-state index in [9.17, 15) is 22.4 Å². The number of carbonyl (C=O) groups is 1. The number of aromatic amines is 2. The highest BCUT2D eigenvalue weighted by Crippen LogP contribution is 2.20. The highest BCUT2D eigenvalue weighted by Gasteiger charge is 2.28. The minimum atomic E-state index is -4.41. The van der Waals surface area contributed by atoms with Gasteiger partial charge < -0.3 is 20.0 Å². The number of aromatic nitrogens is 2. The lowest BCUT2D eigenvalue weighted by atomic mass is 10.1. The van der Waals surface area contributed by atoms with Crippen molar-refractivity contribution < 1.29 is 27.1 Å². The van der Waals surface area contributed by atoms with Crippen LogP contribution in [-0.4, -0.2) is 28.7 Å². The summed E-state index contributed by atoms with van der Waals surface area (Å²) < 4.78 is 54.9. The van der Waals surface area contributed by atoms with Gasteiger partial charge in [-0.15, -0.1) is 0 Å². The van der Waals surface area contributed by atoms with Crippen molar-refractivity contribution in [2.75, 3.05) is 6.61 Å². The Morgan fingerprint density at radius 1 is 1.15 bits per heavy atom. The molecular weight excluding hydrogens is 386 g/mol. The summed E-state index contributed by atoms with van der Waals surface area (Å²) in [4.78, 5) is 17.9. The molecule has 0 unspecified atom stereocenters. The van der Waals surface area contributed by atoms with Gasteiger partial charge in [0.25, 0.3) is 5.91 Å². The Hall–Kier alpha value is -2.88. The standard InChI is InChI=1S/C17H13F4N3O2S/c18-10-5-12(14-13(6-10)23-16(27)24-14)15(25)22-7-9-1-3-11(4-2-9)26-8-17(19,20)21/h1-6H,7-8H2,(H,22,25)(H2,23,24,27). The van der Waals surface area contributed by atoms with Crippen molar-refractivity contribution >= 4 is 29.2 Å². The van der Waals surface area contributed by atoms with E-state index in [0.717, 1.165) is 6.07 Å². The molecule has 142 valence electrons. The van der Waals surface area contributed by atoms with Crippen LogP contribution in [0.15, 0.2) is 36.4 Å². The molecule has 10 heteroatoms. The Bertz CT molecular complexity index is 1030. The first-order valence-electron chi connectivity index (χ1n) is 7.69. The van der Waals surface area contributed by atoms with Crippen LogP contribution in [0.4, 0.5) is 17.6 Å². The van der Waals surface area contributed by atoms with Crippen LogP contribution < -0.4 is 10.1 Å². The van der Waals surface area contributed by atoms with Crippen molar-refractivity contribution in [2.45, 2.75) is 12.7 Å². The molecule has 0 atom stereocenters. The van der Waals surface area contributed by atoms with Crippen LogP contribution in [0.1, 0.15) is 15.9 Å². The number of ether oxygens (including phenoxy) is 1. The molecule has 0 radical (unpaired) electrons. The average Bonchev–Trinajstić information content (AvgIpc) is 2.97. The summed E-state index contributed by atoms with van der Waals surface area (Å²) in [6.45, 7) is -1.28. The fourth-order valence-electron chi connectivity index (χ4n) is 2.43. The number of halogens is 4. The molecule has 0 aliphatic carbocycles. The van der Waals surface area contributed by atoms with Crippen LogP contribution >= 0.6 is 12.2 Å². The van der Waals surface area contributed by atoms with Crippen molar-refractivity contribution in [1.29, 1.82) is 0 Å². The number of H-pyrrole nitrogens is 2. The highest BCUT2D eigenvalue weighted by molar-refractivity contribution is 7.71. The molecule has 1 aromatic heterocycles. The summed E-state index contributed by atoms with van der Waals surface area (Å²) in [6, 6.07) is 8.10. The molecule has 5 nitrogen and oxygen atoms in total. The van der Waals surface area contributed by atoms with Crippen LogP contribution in [0.5, 0.6) is 5.75 Å². The number of nitrogens with one attached hydrogen (secondary N) is 3. The van der Waals surface area contributed by atoms with Gasteiger partial charge in [0.15, 0.2) is 11.4 Å². The topological polar surface area (TPSA) is 69.9 Å². The molecule has 0 fully saturated rings. The van der Waals surface area contributed by atoms with Gasteiger partial charge in [-0.3, -0.25) is 4.79 Å². The Labute approximate surface area is 155 Å². The number of imidazole rings is 1. The number of hydrogen-bond acceptors (Lipinski definition) is 3. The summed E-state index contributed by atoms with van der Waals surface area (Å²) in [5.74, 6) is -1.06. The molecule has 0 aliphatic heterocycles. The first kappa shape index (κ1) is 18.9. The fraction of sp³-hybridized carbons (Fsp3) is 0.176. The molecule has 3 aromatic rings. The second-order valence-electron chi connectivity index (χ2n) is 5.69. The maximum absolute atomic E-state index is 13.7. The summed E-state index contributed by atoms with van der Waals surface area (Å²) >= 11 is 4.95. The van der Waals surface area contributed by atoms with E-state index < -0.39 is 24.5 Å². The van der Waals surface area contributed by atoms with E-state index in [4.69, 9.17) is 12.2 Å². The number of benzene rings is 2. The van der Waals surface area contributed by atoms with Crippen molar-refractivity contribution in [3.8, 4) is 5.75 Å². The quantitative estimate of drug-likeness (QED) is 0.444. The summed E-state index contributed by atoms with van der Waals surface area (Å²) in [6.07, 6.45) is -4.41. The number of hydrogen-bond donors (Lipinski definition) is 3. The van der Waals surface area contributed by atoms with Crippen molar-refractivity contribution in [2.24, 2.45) is 0 Å². The second-order valence-corrected chi connectivity index (χ2v) is 6.09.